The van der Waals surface area contributed by atoms with Crippen LogP contribution in [-0.2, 0) is 32.7 Å². The Morgan fingerprint density at radius 3 is 1.45 bits per heavy atom. The molecule has 0 heterocycles. The van der Waals surface area contributed by atoms with E-state index in [-0.39, 0.29) is 44.6 Å². The third-order valence-electron chi connectivity index (χ3n) is 9.57. The molecule has 0 amide bonds. The van der Waals surface area contributed by atoms with Crippen LogP contribution in [0.4, 0.5) is 0 Å². The Morgan fingerprint density at radius 1 is 0.585 bits per heavy atom. The Balaban J connectivity index is 4.35. The Kier molecular flexibility index (Phi) is 35.5. The van der Waals surface area contributed by atoms with Crippen LogP contribution < -0.4 is 0 Å². The van der Waals surface area contributed by atoms with E-state index in [1.807, 2.05) is 21.1 Å². The summed E-state index contributed by atoms with van der Waals surface area (Å²) >= 11 is 0. The summed E-state index contributed by atoms with van der Waals surface area (Å²) < 4.78 is 34.4. The van der Waals surface area contributed by atoms with Gasteiger partial charge in [0.05, 0.1) is 34.4 Å². The van der Waals surface area contributed by atoms with Crippen LogP contribution >= 0.6 is 7.82 Å². The summed E-state index contributed by atoms with van der Waals surface area (Å²) in [7, 11) is 1.54. The molecule has 0 aromatic heterocycles. The standard InChI is InChI=1S/C43H84NO8P/c1-6-8-10-12-14-16-18-20-21-23-25-27-29-31-33-35-43(46)52-41(40-51-53(47,48)50-39-37-44(3,4)5)36-38-49-42(45)34-32-30-28-26-24-22-19-17-15-13-11-9-7-2/h20-21,41H,6-19,22-40H2,1-5H3/p+1/b21-20-/t41-/m1/s1. The fourth-order valence-electron chi connectivity index (χ4n) is 6.07. The summed E-state index contributed by atoms with van der Waals surface area (Å²) in [4.78, 5) is 35.2. The van der Waals surface area contributed by atoms with E-state index in [1.165, 1.54) is 109 Å². The van der Waals surface area contributed by atoms with Crippen molar-refractivity contribution < 1.29 is 42.1 Å². The molecular formula is C43H85NO8P+. The Hall–Kier alpha value is -1.25. The molecule has 0 aliphatic rings. The van der Waals surface area contributed by atoms with Gasteiger partial charge in [-0.2, -0.15) is 0 Å². The van der Waals surface area contributed by atoms with Crippen molar-refractivity contribution >= 4 is 19.8 Å². The molecule has 0 aromatic rings. The number of phosphoric acid groups is 1. The van der Waals surface area contributed by atoms with Gasteiger partial charge >= 0.3 is 19.8 Å². The lowest BCUT2D eigenvalue weighted by Crippen LogP contribution is -2.37. The molecule has 0 spiro atoms. The number of rotatable bonds is 40. The number of nitrogens with zero attached hydrogens (tertiary/aromatic N) is 1. The third-order valence-corrected chi connectivity index (χ3v) is 10.6. The van der Waals surface area contributed by atoms with Crippen LogP contribution in [0.1, 0.15) is 200 Å². The second-order valence-electron chi connectivity index (χ2n) is 16.1. The molecule has 1 unspecified atom stereocenters. The first-order chi connectivity index (χ1) is 25.5. The van der Waals surface area contributed by atoms with Gasteiger partial charge in [0, 0.05) is 19.3 Å². The van der Waals surface area contributed by atoms with Gasteiger partial charge in [-0.1, -0.05) is 154 Å². The number of carbonyl (C=O) groups excluding carboxylic acids is 2. The molecule has 0 aliphatic carbocycles. The van der Waals surface area contributed by atoms with Gasteiger partial charge in [-0.3, -0.25) is 18.6 Å². The Labute approximate surface area is 326 Å². The predicted octanol–water partition coefficient (Wildman–Crippen LogP) is 12.2. The number of ether oxygens (including phenoxy) is 2. The van der Waals surface area contributed by atoms with Crippen LogP contribution in [0.3, 0.4) is 0 Å². The summed E-state index contributed by atoms with van der Waals surface area (Å²) in [6.45, 7) is 4.81. The number of carbonyl (C=O) groups is 2. The van der Waals surface area contributed by atoms with Crippen LogP contribution in [0, 0.1) is 0 Å². The predicted molar refractivity (Wildman–Crippen MR) is 220 cm³/mol. The molecule has 1 N–H and O–H groups in total. The number of hydrogen-bond acceptors (Lipinski definition) is 7. The lowest BCUT2D eigenvalue weighted by molar-refractivity contribution is -0.870. The van der Waals surface area contributed by atoms with Crippen molar-refractivity contribution in [3.05, 3.63) is 12.2 Å². The maximum atomic E-state index is 12.7. The summed E-state index contributed by atoms with van der Waals surface area (Å²) in [5.41, 5.74) is 0. The van der Waals surface area contributed by atoms with Crippen LogP contribution in [0.5, 0.6) is 0 Å². The van der Waals surface area contributed by atoms with Crippen molar-refractivity contribution in [2.24, 2.45) is 0 Å². The van der Waals surface area contributed by atoms with E-state index in [4.69, 9.17) is 18.5 Å². The molecule has 9 nitrogen and oxygen atoms in total. The fourth-order valence-corrected chi connectivity index (χ4v) is 6.81. The number of esters is 2. The molecule has 0 saturated heterocycles. The molecule has 10 heteroatoms. The monoisotopic (exact) mass is 775 g/mol. The van der Waals surface area contributed by atoms with E-state index >= 15 is 0 Å². The fraction of sp³-hybridized carbons (Fsp3) is 0.907. The van der Waals surface area contributed by atoms with Gasteiger partial charge in [-0.25, -0.2) is 4.57 Å². The first-order valence-corrected chi connectivity index (χ1v) is 23.4. The topological polar surface area (TPSA) is 108 Å². The zero-order valence-corrected chi connectivity index (χ0v) is 36.2. The van der Waals surface area contributed by atoms with Gasteiger partial charge in [-0.05, 0) is 38.5 Å². The summed E-state index contributed by atoms with van der Waals surface area (Å²) in [6, 6.07) is 0. The van der Waals surface area contributed by atoms with Crippen LogP contribution in [0.25, 0.3) is 0 Å². The van der Waals surface area contributed by atoms with Crippen LogP contribution in [0.15, 0.2) is 12.2 Å². The molecule has 2 atom stereocenters. The molecule has 314 valence electrons. The zero-order chi connectivity index (χ0) is 39.3. The van der Waals surface area contributed by atoms with Crippen molar-refractivity contribution in [1.29, 1.82) is 0 Å². The summed E-state index contributed by atoms with van der Waals surface area (Å²) in [5.74, 6) is -0.655. The van der Waals surface area contributed by atoms with Gasteiger partial charge in [0.25, 0.3) is 0 Å². The number of unbranched alkanes of at least 4 members (excludes halogenated alkanes) is 23. The molecule has 0 aromatic carbocycles. The highest BCUT2D eigenvalue weighted by Gasteiger charge is 2.26. The average molecular weight is 775 g/mol. The lowest BCUT2D eigenvalue weighted by Gasteiger charge is -2.24. The lowest BCUT2D eigenvalue weighted by atomic mass is 10.0. The minimum absolute atomic E-state index is 0.0457. The van der Waals surface area contributed by atoms with E-state index < -0.39 is 13.9 Å². The first kappa shape index (κ1) is 51.8. The molecule has 0 rings (SSSR count). The second-order valence-corrected chi connectivity index (χ2v) is 17.5. The molecule has 0 bridgehead atoms. The van der Waals surface area contributed by atoms with Gasteiger partial charge < -0.3 is 18.9 Å². The zero-order valence-electron chi connectivity index (χ0n) is 35.3. The number of hydrogen-bond donors (Lipinski definition) is 1. The van der Waals surface area contributed by atoms with Gasteiger partial charge in [-0.15, -0.1) is 0 Å². The molecule has 0 fully saturated rings. The Bertz CT molecular complexity index is 922. The summed E-state index contributed by atoms with van der Waals surface area (Å²) in [6.07, 6.45) is 36.1. The smallest absolute Gasteiger partial charge is 0.466 e. The highest BCUT2D eigenvalue weighted by atomic mass is 31.2. The second kappa shape index (κ2) is 36.4. The number of likely N-dealkylation sites (N-methyl/N-ethyl adjacent to an activating group) is 1. The van der Waals surface area contributed by atoms with Crippen molar-refractivity contribution in [2.75, 3.05) is 47.5 Å². The van der Waals surface area contributed by atoms with Crippen molar-refractivity contribution in [3.8, 4) is 0 Å². The van der Waals surface area contributed by atoms with E-state index in [1.54, 1.807) is 0 Å². The third kappa shape index (κ3) is 40.2. The SMILES string of the molecule is CCCCCCCC/C=C\CCCCCCCC(=O)O[C@H](CCOC(=O)CCCCCCCCCCCCCCC)COP(=O)(O)OCC[N+](C)(C)C. The first-order valence-electron chi connectivity index (χ1n) is 21.9. The minimum Gasteiger partial charge on any atom is -0.466 e. The molecule has 0 radical (unpaired) electrons. The molecule has 53 heavy (non-hydrogen) atoms. The highest BCUT2D eigenvalue weighted by Crippen LogP contribution is 2.43. The van der Waals surface area contributed by atoms with Crippen LogP contribution in [0.2, 0.25) is 0 Å². The molecule has 0 saturated carbocycles. The number of quaternary nitrogens is 1. The quantitative estimate of drug-likeness (QED) is 0.0215. The van der Waals surface area contributed by atoms with Crippen LogP contribution in [-0.4, -0.2) is 74.9 Å². The molecule has 0 aliphatic heterocycles. The average Bonchev–Trinajstić information content (AvgIpc) is 3.10. The molecular weight excluding hydrogens is 689 g/mol. The number of phosphoric ester groups is 1. The largest absolute Gasteiger partial charge is 0.472 e. The maximum Gasteiger partial charge on any atom is 0.472 e. The minimum atomic E-state index is -4.33. The summed E-state index contributed by atoms with van der Waals surface area (Å²) in [5, 5.41) is 0. The van der Waals surface area contributed by atoms with E-state index in [0.717, 1.165) is 57.8 Å². The van der Waals surface area contributed by atoms with Gasteiger partial charge in [0.15, 0.2) is 0 Å². The van der Waals surface area contributed by atoms with E-state index in [2.05, 4.69) is 26.0 Å². The normalized spacial score (nSPS) is 13.7. The number of allylic oxidation sites excluding steroid dienone is 2. The van der Waals surface area contributed by atoms with Crippen molar-refractivity contribution in [2.45, 2.75) is 206 Å². The van der Waals surface area contributed by atoms with Crippen molar-refractivity contribution in [1.82, 2.24) is 0 Å². The van der Waals surface area contributed by atoms with E-state index in [0.29, 0.717) is 17.4 Å². The maximum absolute atomic E-state index is 12.7. The highest BCUT2D eigenvalue weighted by molar-refractivity contribution is 7.47. The van der Waals surface area contributed by atoms with Gasteiger partial charge in [0.1, 0.15) is 19.3 Å². The van der Waals surface area contributed by atoms with Gasteiger partial charge in [0.2, 0.25) is 0 Å². The van der Waals surface area contributed by atoms with E-state index in [9.17, 15) is 19.0 Å². The Morgan fingerprint density at radius 2 is 1.00 bits per heavy atom. The van der Waals surface area contributed by atoms with Crippen molar-refractivity contribution in [3.63, 3.8) is 0 Å².